The average Bonchev–Trinajstić information content (AvgIpc) is 3.27. The van der Waals surface area contributed by atoms with Crippen molar-refractivity contribution in [1.82, 2.24) is 20.5 Å². The van der Waals surface area contributed by atoms with E-state index in [1.54, 1.807) is 6.92 Å². The molecule has 1 aromatic heterocycles. The van der Waals surface area contributed by atoms with Crippen LogP contribution in [-0.2, 0) is 17.1 Å². The number of ether oxygens (including phenoxy) is 1. The molecule has 3 aromatic rings. The Kier molecular flexibility index (Phi) is 13.3. The van der Waals surface area contributed by atoms with Gasteiger partial charge >= 0.3 is 18.0 Å². The summed E-state index contributed by atoms with van der Waals surface area (Å²) in [5.74, 6) is 0.141. The molecule has 0 unspecified atom stereocenters. The highest BCUT2D eigenvalue weighted by molar-refractivity contribution is 5.34. The monoisotopic (exact) mass is 568 g/mol. The van der Waals surface area contributed by atoms with Crippen molar-refractivity contribution in [2.75, 3.05) is 19.8 Å². The van der Waals surface area contributed by atoms with Gasteiger partial charge in [-0.25, -0.2) is 14.3 Å². The first kappa shape index (κ1) is 33.8. The van der Waals surface area contributed by atoms with Gasteiger partial charge in [0, 0.05) is 6.54 Å². The Balaban J connectivity index is 0.000000720. The van der Waals surface area contributed by atoms with Gasteiger partial charge in [-0.1, -0.05) is 26.0 Å². The molecule has 0 aliphatic rings. The second kappa shape index (κ2) is 15.4. The molecular weight excluding hydrogens is 537 g/mol. The highest BCUT2D eigenvalue weighted by Gasteiger charge is 2.37. The molecule has 7 nitrogen and oxygen atoms in total. The lowest BCUT2D eigenvalue weighted by molar-refractivity contribution is -0.143. The highest BCUT2D eigenvalue weighted by atomic mass is 19.4. The lowest BCUT2D eigenvalue weighted by Gasteiger charge is -2.23. The molecule has 3 rings (SSSR count). The Morgan fingerprint density at radius 3 is 1.90 bits per heavy atom. The molecule has 0 radical (unpaired) electrons. The van der Waals surface area contributed by atoms with E-state index < -0.39 is 41.4 Å². The van der Waals surface area contributed by atoms with E-state index in [0.717, 1.165) is 0 Å². The maximum Gasteiger partial charge on any atom is 0.416 e. The van der Waals surface area contributed by atoms with E-state index in [0.29, 0.717) is 23.5 Å². The van der Waals surface area contributed by atoms with Crippen LogP contribution in [0.1, 0.15) is 61.0 Å². The van der Waals surface area contributed by atoms with Crippen LogP contribution in [0.3, 0.4) is 0 Å². The van der Waals surface area contributed by atoms with Crippen molar-refractivity contribution < 1.29 is 40.6 Å². The minimum absolute atomic E-state index is 0.0559. The molecule has 2 aromatic carbocycles. The van der Waals surface area contributed by atoms with Gasteiger partial charge in [-0.15, -0.1) is 0 Å². The van der Waals surface area contributed by atoms with Crippen molar-refractivity contribution >= 4 is 0 Å². The van der Waals surface area contributed by atoms with Crippen LogP contribution in [-0.4, -0.2) is 40.0 Å². The molecule has 0 bridgehead atoms. The fraction of sp³-hybridized carbons (Fsp3) is 0.440. The first-order chi connectivity index (χ1) is 18.2. The van der Waals surface area contributed by atoms with Gasteiger partial charge in [0.05, 0.1) is 36.5 Å². The number of rotatable bonds is 8. The molecule has 218 valence electrons. The smallest absolute Gasteiger partial charge is 0.395 e. The van der Waals surface area contributed by atoms with Crippen molar-refractivity contribution in [2.24, 2.45) is 0 Å². The zero-order valence-corrected chi connectivity index (χ0v) is 21.7. The summed E-state index contributed by atoms with van der Waals surface area (Å²) in [5, 5.41) is 17.7. The standard InChI is InChI=1S/C20H20F7NO2.C3H5N3O.C2H6/c1-12(14-8-15(19(22,23)24)10-16(9-14)20(25,26)27)30-11-18(28-6-7-29)13-2-4-17(21)5-3-13;1-2-4-3(7)6-5-2;1-2/h2-5,8-10,12,18,28-29H,6-7,11H2,1H3;1H3,(H2,4,5,6,7);1-2H3/t12-,18-;;/m1../s1. The molecule has 14 heteroatoms. The lowest BCUT2D eigenvalue weighted by Crippen LogP contribution is -2.28. The van der Waals surface area contributed by atoms with Crippen molar-refractivity contribution in [3.63, 3.8) is 0 Å². The SMILES string of the molecule is CC.C[C@@H](OC[C@@H](NCCO)c1ccc(F)cc1)c1cc(C(F)(F)F)cc(C(F)(F)F)c1.Cc1n[nH]c(=O)[nH]1. The predicted molar refractivity (Wildman–Crippen MR) is 130 cm³/mol. The van der Waals surface area contributed by atoms with Gasteiger partial charge in [0.25, 0.3) is 0 Å². The third-order valence-corrected chi connectivity index (χ3v) is 4.99. The van der Waals surface area contributed by atoms with Gasteiger partial charge in [0.15, 0.2) is 0 Å². The molecule has 0 fully saturated rings. The van der Waals surface area contributed by atoms with Crippen LogP contribution in [0.2, 0.25) is 0 Å². The van der Waals surface area contributed by atoms with Crippen LogP contribution in [0, 0.1) is 12.7 Å². The Hall–Kier alpha value is -3.23. The first-order valence-electron chi connectivity index (χ1n) is 11.8. The number of aliphatic hydroxyl groups is 1. The molecule has 0 aliphatic heterocycles. The van der Waals surface area contributed by atoms with Crippen molar-refractivity contribution in [2.45, 2.75) is 52.2 Å². The normalized spacial score (nSPS) is 13.0. The number of hydrogen-bond donors (Lipinski definition) is 4. The number of H-pyrrole nitrogens is 2. The Morgan fingerprint density at radius 2 is 1.51 bits per heavy atom. The number of nitrogens with one attached hydrogen (secondary N) is 3. The molecule has 1 heterocycles. The molecule has 4 N–H and O–H groups in total. The lowest BCUT2D eigenvalue weighted by atomic mass is 10.0. The van der Waals surface area contributed by atoms with Gasteiger partial charge in [-0.2, -0.15) is 31.4 Å². The zero-order valence-electron chi connectivity index (χ0n) is 21.7. The van der Waals surface area contributed by atoms with Crippen LogP contribution in [0.25, 0.3) is 0 Å². The van der Waals surface area contributed by atoms with Gasteiger partial charge in [0.2, 0.25) is 0 Å². The number of aryl methyl sites for hydroxylation is 1. The number of benzene rings is 2. The minimum Gasteiger partial charge on any atom is -0.395 e. The zero-order chi connectivity index (χ0) is 29.8. The number of hydrogen-bond acceptors (Lipinski definition) is 5. The molecule has 0 spiro atoms. The number of nitrogens with zero attached hydrogens (tertiary/aromatic N) is 1. The van der Waals surface area contributed by atoms with Crippen LogP contribution in [0.15, 0.2) is 47.3 Å². The van der Waals surface area contributed by atoms with Crippen molar-refractivity contribution in [1.29, 1.82) is 0 Å². The third kappa shape index (κ3) is 11.6. The van der Waals surface area contributed by atoms with E-state index in [1.165, 1.54) is 31.2 Å². The second-order valence-electron chi connectivity index (χ2n) is 7.86. The number of aromatic nitrogens is 3. The van der Waals surface area contributed by atoms with Crippen molar-refractivity contribution in [3.8, 4) is 0 Å². The van der Waals surface area contributed by atoms with E-state index in [4.69, 9.17) is 9.84 Å². The summed E-state index contributed by atoms with van der Waals surface area (Å²) in [6.07, 6.45) is -11.0. The first-order valence-corrected chi connectivity index (χ1v) is 11.8. The average molecular weight is 569 g/mol. The summed E-state index contributed by atoms with van der Waals surface area (Å²) in [7, 11) is 0. The number of aromatic amines is 2. The molecule has 39 heavy (non-hydrogen) atoms. The number of halogens is 7. The third-order valence-electron chi connectivity index (χ3n) is 4.99. The summed E-state index contributed by atoms with van der Waals surface area (Å²) in [6, 6.07) is 6.06. The van der Waals surface area contributed by atoms with E-state index >= 15 is 0 Å². The van der Waals surface area contributed by atoms with E-state index in [2.05, 4.69) is 20.5 Å². The molecule has 0 amide bonds. The molecule has 0 saturated carbocycles. The molecule has 2 atom stereocenters. The summed E-state index contributed by atoms with van der Waals surface area (Å²) >= 11 is 0. The van der Waals surface area contributed by atoms with E-state index in [1.807, 2.05) is 13.8 Å². The van der Waals surface area contributed by atoms with E-state index in [-0.39, 0.29) is 37.1 Å². The second-order valence-corrected chi connectivity index (χ2v) is 7.86. The van der Waals surface area contributed by atoms with Crippen molar-refractivity contribution in [3.05, 3.63) is 86.8 Å². The minimum atomic E-state index is -4.95. The Morgan fingerprint density at radius 1 is 0.974 bits per heavy atom. The van der Waals surface area contributed by atoms with Gasteiger partial charge in [-0.3, -0.25) is 4.98 Å². The largest absolute Gasteiger partial charge is 0.416 e. The summed E-state index contributed by atoms with van der Waals surface area (Å²) in [5.41, 5.74) is -2.79. The topological polar surface area (TPSA) is 103 Å². The maximum absolute atomic E-state index is 13.1. The molecule has 0 aliphatic carbocycles. The van der Waals surface area contributed by atoms with Gasteiger partial charge < -0.3 is 15.2 Å². The molecular formula is C25H31F7N4O3. The summed E-state index contributed by atoms with van der Waals surface area (Å²) < 4.78 is 96.9. The summed E-state index contributed by atoms with van der Waals surface area (Å²) in [4.78, 5) is 12.5. The predicted octanol–water partition coefficient (Wildman–Crippen LogP) is 5.70. The van der Waals surface area contributed by atoms with Crippen LogP contribution in [0.4, 0.5) is 30.7 Å². The fourth-order valence-electron chi connectivity index (χ4n) is 3.11. The highest BCUT2D eigenvalue weighted by Crippen LogP contribution is 2.38. The number of aliphatic hydroxyl groups excluding tert-OH is 1. The van der Waals surface area contributed by atoms with Crippen LogP contribution < -0.4 is 11.0 Å². The fourth-order valence-corrected chi connectivity index (χ4v) is 3.11. The Labute approximate surface area is 220 Å². The van der Waals surface area contributed by atoms with Crippen LogP contribution in [0.5, 0.6) is 0 Å². The Bertz CT molecular complexity index is 1140. The van der Waals surface area contributed by atoms with Crippen LogP contribution >= 0.6 is 0 Å². The molecule has 0 saturated heterocycles. The van der Waals surface area contributed by atoms with Gasteiger partial charge in [-0.05, 0) is 55.3 Å². The maximum atomic E-state index is 13.1. The quantitative estimate of drug-likeness (QED) is 0.261. The number of alkyl halides is 6. The summed E-state index contributed by atoms with van der Waals surface area (Å²) in [6.45, 7) is 6.85. The van der Waals surface area contributed by atoms with E-state index in [9.17, 15) is 35.5 Å². The van der Waals surface area contributed by atoms with Gasteiger partial charge in [0.1, 0.15) is 11.6 Å².